The van der Waals surface area contributed by atoms with Gasteiger partial charge in [-0.3, -0.25) is 15.0 Å². The topological polar surface area (TPSA) is 92.9 Å². The molecule has 0 bridgehead atoms. The maximum atomic E-state index is 12.1. The number of non-ortho nitro benzene ring substituents is 1. The number of nitrogens with zero attached hydrogens (tertiary/aromatic N) is 2. The van der Waals surface area contributed by atoms with Crippen LogP contribution in [-0.4, -0.2) is 53.7 Å². The van der Waals surface area contributed by atoms with Crippen LogP contribution in [0.25, 0.3) is 6.08 Å². The molecule has 2 rings (SSSR count). The smallest absolute Gasteiger partial charge is 0.335 e. The zero-order valence-electron chi connectivity index (χ0n) is 13.7. The summed E-state index contributed by atoms with van der Waals surface area (Å²) in [5.74, 6) is -0.435. The molecule has 1 N–H and O–H groups in total. The van der Waals surface area contributed by atoms with Crippen molar-refractivity contribution in [2.45, 2.75) is 25.3 Å². The van der Waals surface area contributed by atoms with Gasteiger partial charge in [-0.2, -0.15) is 0 Å². The number of hydrogen-bond donors (Lipinski definition) is 1. The molecule has 0 aliphatic carbocycles. The molecule has 1 heterocycles. The monoisotopic (exact) mass is 334 g/mol. The van der Waals surface area contributed by atoms with E-state index in [1.165, 1.54) is 19.2 Å². The number of methoxy groups -OCH3 is 1. The lowest BCUT2D eigenvalue weighted by Gasteiger charge is -2.34. The first-order chi connectivity index (χ1) is 11.5. The van der Waals surface area contributed by atoms with Crippen LogP contribution in [0.5, 0.6) is 0 Å². The Labute approximate surface area is 140 Å². The van der Waals surface area contributed by atoms with Crippen LogP contribution < -0.4 is 0 Å². The first kappa shape index (κ1) is 18.1. The van der Waals surface area contributed by atoms with Crippen molar-refractivity contribution >= 4 is 17.7 Å². The molecule has 0 radical (unpaired) electrons. The number of nitro benzene ring substituents is 1. The third-order valence-corrected chi connectivity index (χ3v) is 4.23. The molecule has 1 aromatic rings. The van der Waals surface area contributed by atoms with Crippen molar-refractivity contribution in [2.24, 2.45) is 0 Å². The van der Waals surface area contributed by atoms with Crippen LogP contribution in [0.2, 0.25) is 0 Å². The van der Waals surface area contributed by atoms with Crippen LogP contribution in [-0.2, 0) is 9.53 Å². The summed E-state index contributed by atoms with van der Waals surface area (Å²) >= 11 is 0. The van der Waals surface area contributed by atoms with Gasteiger partial charge in [0.15, 0.2) is 0 Å². The van der Waals surface area contributed by atoms with Crippen molar-refractivity contribution < 1.29 is 19.6 Å². The molecule has 1 saturated heterocycles. The number of likely N-dealkylation sites (tertiary alicyclic amines) is 1. The Morgan fingerprint density at radius 1 is 1.42 bits per heavy atom. The zero-order valence-corrected chi connectivity index (χ0v) is 13.7. The van der Waals surface area contributed by atoms with Crippen LogP contribution in [0, 0.1) is 10.1 Å². The van der Waals surface area contributed by atoms with Crippen LogP contribution in [0.3, 0.4) is 0 Å². The van der Waals surface area contributed by atoms with Gasteiger partial charge in [0.25, 0.3) is 5.69 Å². The molecule has 0 saturated carbocycles. The number of nitro groups is 1. The Morgan fingerprint density at radius 3 is 2.71 bits per heavy atom. The van der Waals surface area contributed by atoms with Gasteiger partial charge >= 0.3 is 5.97 Å². The summed E-state index contributed by atoms with van der Waals surface area (Å²) in [6.07, 6.45) is 4.69. The molecular formula is C17H22N2O5. The van der Waals surface area contributed by atoms with E-state index in [4.69, 9.17) is 4.74 Å². The predicted molar refractivity (Wildman–Crippen MR) is 89.4 cm³/mol. The van der Waals surface area contributed by atoms with Gasteiger partial charge in [-0.15, -0.1) is 0 Å². The second kappa shape index (κ2) is 8.56. The molecule has 1 atom stereocenters. The summed E-state index contributed by atoms with van der Waals surface area (Å²) in [4.78, 5) is 24.4. The Balaban J connectivity index is 2.20. The second-order valence-electron chi connectivity index (χ2n) is 5.81. The fraction of sp³-hybridized carbons (Fsp3) is 0.471. The third-order valence-electron chi connectivity index (χ3n) is 4.23. The molecule has 1 aromatic carbocycles. The second-order valence-corrected chi connectivity index (χ2v) is 5.81. The Morgan fingerprint density at radius 2 is 2.12 bits per heavy atom. The van der Waals surface area contributed by atoms with Crippen molar-refractivity contribution in [1.82, 2.24) is 4.90 Å². The molecule has 0 spiro atoms. The summed E-state index contributed by atoms with van der Waals surface area (Å²) in [6.45, 7) is 1.26. The standard InChI is InChI=1S/C17H22N2O5/c1-24-17(21)14(11-18-9-3-2-4-16(18)12-20)10-13-5-7-15(8-6-13)19(22)23/h5-8,10,16,20H,2-4,9,11-12H2,1H3/b14-10+. The maximum absolute atomic E-state index is 12.1. The lowest BCUT2D eigenvalue weighted by Crippen LogP contribution is -2.43. The van der Waals surface area contributed by atoms with E-state index in [0.29, 0.717) is 17.7 Å². The molecule has 1 aliphatic rings. The highest BCUT2D eigenvalue weighted by Crippen LogP contribution is 2.20. The molecule has 1 aliphatic heterocycles. The molecular weight excluding hydrogens is 312 g/mol. The number of rotatable bonds is 6. The average Bonchev–Trinajstić information content (AvgIpc) is 2.61. The number of carbonyl (C=O) groups excluding carboxylic acids is 1. The molecule has 7 heteroatoms. The Hall–Kier alpha value is -2.25. The summed E-state index contributed by atoms with van der Waals surface area (Å²) < 4.78 is 4.85. The number of piperidine rings is 1. The quantitative estimate of drug-likeness (QED) is 0.370. The first-order valence-electron chi connectivity index (χ1n) is 7.93. The lowest BCUT2D eigenvalue weighted by molar-refractivity contribution is -0.384. The highest BCUT2D eigenvalue weighted by Gasteiger charge is 2.24. The minimum atomic E-state index is -0.464. The van der Waals surface area contributed by atoms with E-state index in [1.807, 2.05) is 0 Å². The maximum Gasteiger partial charge on any atom is 0.335 e. The van der Waals surface area contributed by atoms with Gasteiger partial charge in [0, 0.05) is 24.7 Å². The van der Waals surface area contributed by atoms with Crippen LogP contribution >= 0.6 is 0 Å². The fourth-order valence-corrected chi connectivity index (χ4v) is 2.89. The minimum absolute atomic E-state index is 0.00291. The van der Waals surface area contributed by atoms with Crippen LogP contribution in [0.15, 0.2) is 29.8 Å². The minimum Gasteiger partial charge on any atom is -0.466 e. The molecule has 7 nitrogen and oxygen atoms in total. The Bertz CT molecular complexity index is 612. The van der Waals surface area contributed by atoms with E-state index in [9.17, 15) is 20.0 Å². The number of aliphatic hydroxyl groups is 1. The number of esters is 1. The van der Waals surface area contributed by atoms with Crippen molar-refractivity contribution in [2.75, 3.05) is 26.8 Å². The summed E-state index contributed by atoms with van der Waals surface area (Å²) in [5, 5.41) is 20.2. The molecule has 0 aromatic heterocycles. The number of ether oxygens (including phenoxy) is 1. The van der Waals surface area contributed by atoms with E-state index >= 15 is 0 Å². The number of aliphatic hydroxyl groups excluding tert-OH is 1. The van der Waals surface area contributed by atoms with Gasteiger partial charge in [-0.1, -0.05) is 6.42 Å². The molecule has 24 heavy (non-hydrogen) atoms. The van der Waals surface area contributed by atoms with E-state index in [2.05, 4.69) is 4.90 Å². The first-order valence-corrected chi connectivity index (χ1v) is 7.93. The van der Waals surface area contributed by atoms with Crippen molar-refractivity contribution in [1.29, 1.82) is 0 Å². The SMILES string of the molecule is COC(=O)/C(=C/c1ccc([N+](=O)[O-])cc1)CN1CCCCC1CO. The zero-order chi connectivity index (χ0) is 17.5. The van der Waals surface area contributed by atoms with E-state index in [-0.39, 0.29) is 18.3 Å². The normalized spacial score (nSPS) is 19.1. The van der Waals surface area contributed by atoms with E-state index in [0.717, 1.165) is 25.8 Å². The third kappa shape index (κ3) is 4.62. The van der Waals surface area contributed by atoms with Crippen molar-refractivity contribution in [3.8, 4) is 0 Å². The Kier molecular flexibility index (Phi) is 6.45. The molecule has 0 amide bonds. The largest absolute Gasteiger partial charge is 0.466 e. The predicted octanol–water partition coefficient (Wildman–Crippen LogP) is 2.00. The number of carbonyl (C=O) groups is 1. The molecule has 1 fully saturated rings. The highest BCUT2D eigenvalue weighted by molar-refractivity contribution is 5.94. The van der Waals surface area contributed by atoms with E-state index < -0.39 is 10.9 Å². The van der Waals surface area contributed by atoms with Gasteiger partial charge in [0.05, 0.1) is 24.2 Å². The highest BCUT2D eigenvalue weighted by atomic mass is 16.6. The van der Waals surface area contributed by atoms with Gasteiger partial charge < -0.3 is 9.84 Å². The van der Waals surface area contributed by atoms with Crippen LogP contribution in [0.1, 0.15) is 24.8 Å². The fourth-order valence-electron chi connectivity index (χ4n) is 2.89. The van der Waals surface area contributed by atoms with Gasteiger partial charge in [0.2, 0.25) is 0 Å². The average molecular weight is 334 g/mol. The van der Waals surface area contributed by atoms with Crippen molar-refractivity contribution in [3.63, 3.8) is 0 Å². The summed E-state index contributed by atoms with van der Waals surface area (Å²) in [5.41, 5.74) is 1.16. The van der Waals surface area contributed by atoms with Gasteiger partial charge in [-0.05, 0) is 43.2 Å². The van der Waals surface area contributed by atoms with E-state index in [1.54, 1.807) is 18.2 Å². The summed E-state index contributed by atoms with van der Waals surface area (Å²) in [7, 11) is 1.33. The van der Waals surface area contributed by atoms with Crippen molar-refractivity contribution in [3.05, 3.63) is 45.5 Å². The molecule has 130 valence electrons. The number of hydrogen-bond acceptors (Lipinski definition) is 6. The van der Waals surface area contributed by atoms with Gasteiger partial charge in [-0.25, -0.2) is 4.79 Å². The summed E-state index contributed by atoms with van der Waals surface area (Å²) in [6, 6.07) is 6.04. The molecule has 1 unspecified atom stereocenters. The lowest BCUT2D eigenvalue weighted by atomic mass is 10.0. The van der Waals surface area contributed by atoms with Crippen LogP contribution in [0.4, 0.5) is 5.69 Å². The van der Waals surface area contributed by atoms with Gasteiger partial charge in [0.1, 0.15) is 0 Å². The number of benzene rings is 1.